The molecule has 3 rings (SSSR count). The Bertz CT molecular complexity index is 404. The molecule has 0 amide bonds. The summed E-state index contributed by atoms with van der Waals surface area (Å²) in [6.07, 6.45) is 8.39. The van der Waals surface area contributed by atoms with E-state index in [4.69, 9.17) is 0 Å². The minimum Gasteiger partial charge on any atom is -0.313 e. The monoisotopic (exact) mass is 257 g/mol. The lowest BCUT2D eigenvalue weighted by molar-refractivity contribution is 0.379. The molecule has 0 bridgehead atoms. The lowest BCUT2D eigenvalue weighted by Gasteiger charge is -2.27. The SMILES string of the molecule is CNC(c1ccc(C2CCC2)cc1)C1CCC(C)C1. The van der Waals surface area contributed by atoms with Gasteiger partial charge in [0.15, 0.2) is 0 Å². The Morgan fingerprint density at radius 2 is 1.79 bits per heavy atom. The zero-order valence-electron chi connectivity index (χ0n) is 12.4. The fraction of sp³-hybridized carbons (Fsp3) is 0.667. The van der Waals surface area contributed by atoms with Gasteiger partial charge in [0.25, 0.3) is 0 Å². The van der Waals surface area contributed by atoms with Crippen LogP contribution in [0.1, 0.15) is 68.5 Å². The largest absolute Gasteiger partial charge is 0.313 e. The second-order valence-corrected chi connectivity index (χ2v) is 6.74. The highest BCUT2D eigenvalue weighted by molar-refractivity contribution is 5.29. The van der Waals surface area contributed by atoms with E-state index in [0.29, 0.717) is 6.04 Å². The van der Waals surface area contributed by atoms with Crippen LogP contribution in [0.2, 0.25) is 0 Å². The highest BCUT2D eigenvalue weighted by Gasteiger charge is 2.29. The average Bonchev–Trinajstić information content (AvgIpc) is 2.77. The maximum absolute atomic E-state index is 3.56. The fourth-order valence-corrected chi connectivity index (χ4v) is 3.95. The van der Waals surface area contributed by atoms with Gasteiger partial charge in [-0.3, -0.25) is 0 Å². The molecule has 1 aromatic rings. The quantitative estimate of drug-likeness (QED) is 0.828. The molecule has 1 N–H and O–H groups in total. The summed E-state index contributed by atoms with van der Waals surface area (Å²) in [6, 6.07) is 10.1. The van der Waals surface area contributed by atoms with Crippen molar-refractivity contribution in [2.24, 2.45) is 11.8 Å². The number of benzene rings is 1. The van der Waals surface area contributed by atoms with E-state index >= 15 is 0 Å². The van der Waals surface area contributed by atoms with E-state index in [1.54, 1.807) is 5.56 Å². The third kappa shape index (κ3) is 2.72. The molecule has 1 nitrogen and oxygen atoms in total. The number of nitrogens with one attached hydrogen (secondary N) is 1. The summed E-state index contributed by atoms with van der Waals surface area (Å²) in [6.45, 7) is 2.40. The molecular formula is C18H27N. The average molecular weight is 257 g/mol. The first-order valence-corrected chi connectivity index (χ1v) is 8.05. The van der Waals surface area contributed by atoms with Crippen LogP contribution < -0.4 is 5.32 Å². The molecule has 2 fully saturated rings. The molecule has 1 aromatic carbocycles. The van der Waals surface area contributed by atoms with Crippen LogP contribution in [-0.4, -0.2) is 7.05 Å². The summed E-state index contributed by atoms with van der Waals surface area (Å²) >= 11 is 0. The van der Waals surface area contributed by atoms with E-state index in [9.17, 15) is 0 Å². The minimum atomic E-state index is 0.556. The zero-order valence-corrected chi connectivity index (χ0v) is 12.4. The first-order chi connectivity index (χ1) is 9.28. The van der Waals surface area contributed by atoms with Crippen molar-refractivity contribution in [1.29, 1.82) is 0 Å². The molecule has 0 heterocycles. The van der Waals surface area contributed by atoms with Crippen molar-refractivity contribution in [3.63, 3.8) is 0 Å². The predicted molar refractivity (Wildman–Crippen MR) is 81.3 cm³/mol. The Hall–Kier alpha value is -0.820. The lowest BCUT2D eigenvalue weighted by Crippen LogP contribution is -2.23. The normalized spacial score (nSPS) is 29.2. The van der Waals surface area contributed by atoms with Crippen molar-refractivity contribution < 1.29 is 0 Å². The van der Waals surface area contributed by atoms with Gasteiger partial charge in [-0.2, -0.15) is 0 Å². The molecule has 0 radical (unpaired) electrons. The highest BCUT2D eigenvalue weighted by Crippen LogP contribution is 2.40. The Morgan fingerprint density at radius 1 is 1.05 bits per heavy atom. The summed E-state index contributed by atoms with van der Waals surface area (Å²) in [5.41, 5.74) is 3.05. The van der Waals surface area contributed by atoms with Crippen LogP contribution in [0.3, 0.4) is 0 Å². The predicted octanol–water partition coefficient (Wildman–Crippen LogP) is 4.65. The Kier molecular flexibility index (Phi) is 3.93. The van der Waals surface area contributed by atoms with Gasteiger partial charge in [-0.25, -0.2) is 0 Å². The van der Waals surface area contributed by atoms with Crippen molar-refractivity contribution in [3.8, 4) is 0 Å². The second kappa shape index (κ2) is 5.66. The standard InChI is InChI=1S/C18H27N/c1-13-6-7-17(12-13)18(19-2)16-10-8-15(9-11-16)14-4-3-5-14/h8-11,13-14,17-19H,3-7,12H2,1-2H3. The number of hydrogen-bond acceptors (Lipinski definition) is 1. The molecular weight excluding hydrogens is 230 g/mol. The lowest BCUT2D eigenvalue weighted by atomic mass is 9.79. The van der Waals surface area contributed by atoms with Gasteiger partial charge in [0.1, 0.15) is 0 Å². The molecule has 2 aliphatic carbocycles. The van der Waals surface area contributed by atoms with E-state index in [0.717, 1.165) is 17.8 Å². The van der Waals surface area contributed by atoms with Crippen LogP contribution in [0.4, 0.5) is 0 Å². The van der Waals surface area contributed by atoms with Crippen LogP contribution >= 0.6 is 0 Å². The third-order valence-corrected chi connectivity index (χ3v) is 5.39. The minimum absolute atomic E-state index is 0.556. The maximum atomic E-state index is 3.56. The highest BCUT2D eigenvalue weighted by atomic mass is 14.9. The number of hydrogen-bond donors (Lipinski definition) is 1. The van der Waals surface area contributed by atoms with Crippen molar-refractivity contribution in [2.45, 2.75) is 57.4 Å². The van der Waals surface area contributed by atoms with Crippen molar-refractivity contribution in [3.05, 3.63) is 35.4 Å². The Morgan fingerprint density at radius 3 is 2.26 bits per heavy atom. The Balaban J connectivity index is 1.71. The van der Waals surface area contributed by atoms with E-state index < -0.39 is 0 Å². The second-order valence-electron chi connectivity index (χ2n) is 6.74. The third-order valence-electron chi connectivity index (χ3n) is 5.39. The van der Waals surface area contributed by atoms with E-state index in [1.807, 2.05) is 0 Å². The molecule has 3 unspecified atom stereocenters. The summed E-state index contributed by atoms with van der Waals surface area (Å²) in [7, 11) is 2.12. The molecule has 2 saturated carbocycles. The first kappa shape index (κ1) is 13.2. The molecule has 3 atom stereocenters. The van der Waals surface area contributed by atoms with Crippen molar-refractivity contribution in [1.82, 2.24) is 5.32 Å². The van der Waals surface area contributed by atoms with Gasteiger partial charge in [0, 0.05) is 6.04 Å². The summed E-state index contributed by atoms with van der Waals surface area (Å²) in [5, 5.41) is 3.56. The van der Waals surface area contributed by atoms with E-state index in [1.165, 1.54) is 44.1 Å². The van der Waals surface area contributed by atoms with Gasteiger partial charge in [0.05, 0.1) is 0 Å². The van der Waals surface area contributed by atoms with Crippen LogP contribution in [0.5, 0.6) is 0 Å². The van der Waals surface area contributed by atoms with Crippen LogP contribution in [0.15, 0.2) is 24.3 Å². The molecule has 0 aliphatic heterocycles. The fourth-order valence-electron chi connectivity index (χ4n) is 3.95. The van der Waals surface area contributed by atoms with Gasteiger partial charge >= 0.3 is 0 Å². The molecule has 2 aliphatic rings. The van der Waals surface area contributed by atoms with Gasteiger partial charge in [-0.1, -0.05) is 44.0 Å². The van der Waals surface area contributed by atoms with Gasteiger partial charge in [-0.15, -0.1) is 0 Å². The zero-order chi connectivity index (χ0) is 13.2. The smallest absolute Gasteiger partial charge is 0.0346 e. The van der Waals surface area contributed by atoms with Crippen molar-refractivity contribution in [2.75, 3.05) is 7.05 Å². The first-order valence-electron chi connectivity index (χ1n) is 8.05. The molecule has 1 heteroatoms. The summed E-state index contributed by atoms with van der Waals surface area (Å²) in [4.78, 5) is 0. The van der Waals surface area contributed by atoms with E-state index in [-0.39, 0.29) is 0 Å². The molecule has 0 spiro atoms. The molecule has 19 heavy (non-hydrogen) atoms. The molecule has 0 aromatic heterocycles. The van der Waals surface area contributed by atoms with Gasteiger partial charge in [0.2, 0.25) is 0 Å². The van der Waals surface area contributed by atoms with Crippen molar-refractivity contribution >= 4 is 0 Å². The van der Waals surface area contributed by atoms with E-state index in [2.05, 4.69) is 43.6 Å². The Labute approximate surface area is 117 Å². The molecule has 104 valence electrons. The topological polar surface area (TPSA) is 12.0 Å². The summed E-state index contributed by atoms with van der Waals surface area (Å²) in [5.74, 6) is 2.60. The van der Waals surface area contributed by atoms with Gasteiger partial charge in [-0.05, 0) is 61.6 Å². The summed E-state index contributed by atoms with van der Waals surface area (Å²) < 4.78 is 0. The molecule has 0 saturated heterocycles. The number of rotatable bonds is 4. The van der Waals surface area contributed by atoms with Gasteiger partial charge < -0.3 is 5.32 Å². The van der Waals surface area contributed by atoms with Crippen LogP contribution in [0.25, 0.3) is 0 Å². The maximum Gasteiger partial charge on any atom is 0.0346 e. The van der Waals surface area contributed by atoms with Crippen LogP contribution in [-0.2, 0) is 0 Å². The van der Waals surface area contributed by atoms with Crippen LogP contribution in [0, 0.1) is 11.8 Å².